The van der Waals surface area contributed by atoms with Crippen LogP contribution in [-0.2, 0) is 4.79 Å². The fourth-order valence-corrected chi connectivity index (χ4v) is 4.15. The van der Waals surface area contributed by atoms with Gasteiger partial charge >= 0.3 is 0 Å². The Morgan fingerprint density at radius 3 is 2.69 bits per heavy atom. The average Bonchev–Trinajstić information content (AvgIpc) is 2.68. The molecule has 2 fully saturated rings. The number of nitrogens with zero attached hydrogens (tertiary/aromatic N) is 2. The smallest absolute Gasteiger partial charge is 0.252 e. The first kappa shape index (κ1) is 18.8. The van der Waals surface area contributed by atoms with Gasteiger partial charge in [-0.3, -0.25) is 14.6 Å². The van der Waals surface area contributed by atoms with Crippen LogP contribution < -0.4 is 5.32 Å². The summed E-state index contributed by atoms with van der Waals surface area (Å²) in [6, 6.07) is 3.67. The number of amides is 2. The lowest BCUT2D eigenvalue weighted by atomic mass is 9.82. The lowest BCUT2D eigenvalue weighted by Gasteiger charge is -2.37. The van der Waals surface area contributed by atoms with Crippen LogP contribution in [-0.4, -0.2) is 52.5 Å². The zero-order valence-corrected chi connectivity index (χ0v) is 15.5. The van der Waals surface area contributed by atoms with Gasteiger partial charge < -0.3 is 15.3 Å². The maximum absolute atomic E-state index is 12.7. The number of nitrogens with one attached hydrogen (secondary N) is 1. The lowest BCUT2D eigenvalue weighted by molar-refractivity contribution is -0.139. The molecule has 2 heterocycles. The van der Waals surface area contributed by atoms with E-state index in [9.17, 15) is 14.7 Å². The van der Waals surface area contributed by atoms with Gasteiger partial charge in [-0.25, -0.2) is 0 Å². The normalized spacial score (nSPS) is 22.7. The molecule has 0 aromatic carbocycles. The number of hydrogen-bond donors (Lipinski definition) is 2. The van der Waals surface area contributed by atoms with Gasteiger partial charge in [-0.2, -0.15) is 0 Å². The second-order valence-electron chi connectivity index (χ2n) is 7.69. The summed E-state index contributed by atoms with van der Waals surface area (Å²) in [4.78, 5) is 30.7. The third-order valence-corrected chi connectivity index (χ3v) is 5.73. The highest BCUT2D eigenvalue weighted by atomic mass is 16.3. The van der Waals surface area contributed by atoms with Gasteiger partial charge in [0.25, 0.3) is 5.91 Å². The van der Waals surface area contributed by atoms with E-state index in [-0.39, 0.29) is 24.2 Å². The van der Waals surface area contributed by atoms with Crippen LogP contribution in [0, 0.1) is 0 Å². The number of aromatic nitrogens is 1. The van der Waals surface area contributed by atoms with Crippen molar-refractivity contribution in [2.75, 3.05) is 20.1 Å². The summed E-state index contributed by atoms with van der Waals surface area (Å²) < 4.78 is 0. The molecule has 6 nitrogen and oxygen atoms in total. The molecule has 1 saturated carbocycles. The van der Waals surface area contributed by atoms with Gasteiger partial charge in [0.15, 0.2) is 0 Å². The van der Waals surface area contributed by atoms with E-state index < -0.39 is 5.60 Å². The first-order valence-corrected chi connectivity index (χ1v) is 9.69. The predicted molar refractivity (Wildman–Crippen MR) is 98.8 cm³/mol. The van der Waals surface area contributed by atoms with Crippen molar-refractivity contribution in [1.82, 2.24) is 15.2 Å². The second-order valence-corrected chi connectivity index (χ2v) is 7.69. The fraction of sp³-hybridized carbons (Fsp3) is 0.650. The van der Waals surface area contributed by atoms with Crippen LogP contribution >= 0.6 is 0 Å². The van der Waals surface area contributed by atoms with E-state index in [1.807, 2.05) is 11.0 Å². The number of carbonyl (C=O) groups is 2. The minimum atomic E-state index is -0.810. The molecule has 0 radical (unpaired) electrons. The Kier molecular flexibility index (Phi) is 5.91. The van der Waals surface area contributed by atoms with Gasteiger partial charge in [0, 0.05) is 37.9 Å². The Balaban J connectivity index is 1.61. The minimum absolute atomic E-state index is 0.0566. The van der Waals surface area contributed by atoms with Crippen LogP contribution in [0.15, 0.2) is 18.3 Å². The van der Waals surface area contributed by atoms with Gasteiger partial charge in [-0.05, 0) is 37.8 Å². The van der Waals surface area contributed by atoms with E-state index in [2.05, 4.69) is 10.3 Å². The number of piperidine rings is 1. The number of likely N-dealkylation sites (tertiary alicyclic amines) is 1. The summed E-state index contributed by atoms with van der Waals surface area (Å²) in [6.45, 7) is 1.39. The summed E-state index contributed by atoms with van der Waals surface area (Å²) in [7, 11) is 1.60. The number of pyridine rings is 1. The van der Waals surface area contributed by atoms with Crippen molar-refractivity contribution in [2.24, 2.45) is 0 Å². The summed E-state index contributed by atoms with van der Waals surface area (Å²) in [6.07, 6.45) is 8.40. The maximum atomic E-state index is 12.7. The molecule has 1 aromatic rings. The average molecular weight is 359 g/mol. The van der Waals surface area contributed by atoms with Crippen LogP contribution in [0.5, 0.6) is 0 Å². The topological polar surface area (TPSA) is 82.5 Å². The van der Waals surface area contributed by atoms with E-state index in [4.69, 9.17) is 0 Å². The molecular formula is C20H29N3O3. The Labute approximate surface area is 155 Å². The van der Waals surface area contributed by atoms with Crippen LogP contribution in [0.4, 0.5) is 0 Å². The first-order chi connectivity index (χ1) is 12.5. The number of aliphatic hydroxyl groups is 1. The van der Waals surface area contributed by atoms with Gasteiger partial charge in [-0.15, -0.1) is 0 Å². The molecule has 0 spiro atoms. The van der Waals surface area contributed by atoms with Crippen LogP contribution in [0.3, 0.4) is 0 Å². The lowest BCUT2D eigenvalue weighted by Crippen LogP contribution is -2.44. The van der Waals surface area contributed by atoms with E-state index >= 15 is 0 Å². The molecule has 1 unspecified atom stereocenters. The van der Waals surface area contributed by atoms with Crippen molar-refractivity contribution in [3.05, 3.63) is 29.6 Å². The molecule has 3 rings (SSSR count). The summed E-state index contributed by atoms with van der Waals surface area (Å²) in [5.74, 6) is 0.0961. The second kappa shape index (κ2) is 8.16. The molecule has 142 valence electrons. The van der Waals surface area contributed by atoms with Gasteiger partial charge in [0.05, 0.1) is 17.6 Å². The van der Waals surface area contributed by atoms with Crippen molar-refractivity contribution >= 4 is 11.8 Å². The van der Waals surface area contributed by atoms with Gasteiger partial charge in [-0.1, -0.05) is 19.3 Å². The van der Waals surface area contributed by atoms with Gasteiger partial charge in [0.1, 0.15) is 0 Å². The van der Waals surface area contributed by atoms with E-state index in [0.717, 1.165) is 57.2 Å². The molecular weight excluding hydrogens is 330 g/mol. The van der Waals surface area contributed by atoms with Crippen molar-refractivity contribution in [1.29, 1.82) is 0 Å². The summed E-state index contributed by atoms with van der Waals surface area (Å²) in [5.41, 5.74) is 0.654. The highest BCUT2D eigenvalue weighted by Crippen LogP contribution is 2.33. The molecule has 1 atom stereocenters. The summed E-state index contributed by atoms with van der Waals surface area (Å²) in [5, 5.41) is 13.3. The van der Waals surface area contributed by atoms with Crippen molar-refractivity contribution in [3.63, 3.8) is 0 Å². The Bertz CT molecular complexity index is 638. The number of rotatable bonds is 4. The zero-order valence-electron chi connectivity index (χ0n) is 15.5. The molecule has 1 aliphatic heterocycles. The monoisotopic (exact) mass is 359 g/mol. The number of carbonyl (C=O) groups excluding carboxylic acids is 2. The third-order valence-electron chi connectivity index (χ3n) is 5.73. The Morgan fingerprint density at radius 1 is 1.27 bits per heavy atom. The van der Waals surface area contributed by atoms with Crippen LogP contribution in [0.2, 0.25) is 0 Å². The molecule has 2 amide bonds. The molecule has 1 aromatic heterocycles. The predicted octanol–water partition coefficient (Wildman–Crippen LogP) is 2.23. The largest absolute Gasteiger partial charge is 0.389 e. The zero-order chi connectivity index (χ0) is 18.6. The Hall–Kier alpha value is -1.95. The number of hydrogen-bond acceptors (Lipinski definition) is 4. The van der Waals surface area contributed by atoms with Crippen LogP contribution in [0.25, 0.3) is 0 Å². The quantitative estimate of drug-likeness (QED) is 0.864. The first-order valence-electron chi connectivity index (χ1n) is 9.69. The molecule has 1 aliphatic carbocycles. The van der Waals surface area contributed by atoms with E-state index in [0.29, 0.717) is 12.1 Å². The minimum Gasteiger partial charge on any atom is -0.389 e. The fourth-order valence-electron chi connectivity index (χ4n) is 4.15. The molecule has 2 aliphatic rings. The highest BCUT2D eigenvalue weighted by Gasteiger charge is 2.35. The van der Waals surface area contributed by atoms with Crippen molar-refractivity contribution in [3.8, 4) is 0 Å². The van der Waals surface area contributed by atoms with Crippen molar-refractivity contribution in [2.45, 2.75) is 62.9 Å². The Morgan fingerprint density at radius 2 is 2.04 bits per heavy atom. The maximum Gasteiger partial charge on any atom is 0.252 e. The summed E-state index contributed by atoms with van der Waals surface area (Å²) >= 11 is 0. The molecule has 1 saturated heterocycles. The van der Waals surface area contributed by atoms with Crippen molar-refractivity contribution < 1.29 is 14.7 Å². The standard InChI is InChI=1S/C20H29N3O3/c1-21-19(25)15-7-8-17(22-13-15)16-6-5-11-23(14-16)18(24)12-20(26)9-3-2-4-10-20/h7-8,13,16,26H,2-6,9-12,14H2,1H3,(H,21,25). The van der Waals surface area contributed by atoms with E-state index in [1.165, 1.54) is 0 Å². The molecule has 2 N–H and O–H groups in total. The van der Waals surface area contributed by atoms with Crippen LogP contribution in [0.1, 0.15) is 73.3 Å². The molecule has 6 heteroatoms. The van der Waals surface area contributed by atoms with Gasteiger partial charge in [0.2, 0.25) is 5.91 Å². The highest BCUT2D eigenvalue weighted by molar-refractivity contribution is 5.93. The third kappa shape index (κ3) is 4.41. The molecule has 26 heavy (non-hydrogen) atoms. The SMILES string of the molecule is CNC(=O)c1ccc(C2CCCN(C(=O)CC3(O)CCCCC3)C2)nc1. The molecule has 0 bridgehead atoms. The van der Waals surface area contributed by atoms with E-state index in [1.54, 1.807) is 19.3 Å².